The van der Waals surface area contributed by atoms with Crippen molar-refractivity contribution >= 4 is 5.97 Å². The van der Waals surface area contributed by atoms with Gasteiger partial charge in [-0.3, -0.25) is 4.79 Å². The average Bonchev–Trinajstić information content (AvgIpc) is 1.96. The molecule has 2 aliphatic rings. The van der Waals surface area contributed by atoms with Gasteiger partial charge in [0.1, 0.15) is 5.54 Å². The molecule has 0 aliphatic heterocycles. The van der Waals surface area contributed by atoms with E-state index in [2.05, 4.69) is 4.74 Å². The van der Waals surface area contributed by atoms with E-state index in [1.54, 1.807) is 0 Å². The van der Waals surface area contributed by atoms with Gasteiger partial charge in [0.25, 0.3) is 0 Å². The molecule has 0 aromatic rings. The first-order chi connectivity index (χ1) is 6.15. The molecule has 0 amide bonds. The van der Waals surface area contributed by atoms with Crippen molar-refractivity contribution < 1.29 is 9.53 Å². The quantitative estimate of drug-likeness (QED) is 0.651. The molecule has 0 bridgehead atoms. The lowest BCUT2D eigenvalue weighted by atomic mass is 9.59. The summed E-state index contributed by atoms with van der Waals surface area (Å²) < 4.78 is 4.67. The third-order valence-corrected chi connectivity index (χ3v) is 3.66. The molecule has 0 spiro atoms. The van der Waals surface area contributed by atoms with E-state index in [0.717, 1.165) is 18.8 Å². The molecule has 0 saturated heterocycles. The molecule has 2 fully saturated rings. The van der Waals surface area contributed by atoms with Crippen LogP contribution in [0, 0.1) is 11.8 Å². The van der Waals surface area contributed by atoms with Crippen LogP contribution in [0.5, 0.6) is 0 Å². The molecule has 3 heteroatoms. The minimum absolute atomic E-state index is 0.233. The number of ether oxygens (including phenoxy) is 1. The highest BCUT2D eigenvalue weighted by molar-refractivity contribution is 5.81. The van der Waals surface area contributed by atoms with Crippen molar-refractivity contribution in [2.75, 3.05) is 7.11 Å². The maximum Gasteiger partial charge on any atom is 0.325 e. The van der Waals surface area contributed by atoms with Crippen LogP contribution in [0.25, 0.3) is 0 Å². The summed E-state index contributed by atoms with van der Waals surface area (Å²) in [5.41, 5.74) is 5.25. The Hall–Kier alpha value is -0.570. The largest absolute Gasteiger partial charge is 0.468 e. The molecule has 74 valence electrons. The second-order valence-electron chi connectivity index (χ2n) is 4.51. The Morgan fingerprint density at radius 1 is 1.38 bits per heavy atom. The Kier molecular flexibility index (Phi) is 2.06. The van der Waals surface area contributed by atoms with Crippen molar-refractivity contribution in [3.63, 3.8) is 0 Å². The summed E-state index contributed by atoms with van der Waals surface area (Å²) in [5, 5.41) is 0. The van der Waals surface area contributed by atoms with Gasteiger partial charge in [-0.05, 0) is 24.7 Å². The number of methoxy groups -OCH3 is 1. The molecule has 0 atom stereocenters. The van der Waals surface area contributed by atoms with Gasteiger partial charge < -0.3 is 10.5 Å². The fourth-order valence-electron chi connectivity index (χ4n) is 2.49. The number of rotatable bonds is 2. The summed E-state index contributed by atoms with van der Waals surface area (Å²) in [6.07, 6.45) is 5.70. The second kappa shape index (κ2) is 2.98. The third-order valence-electron chi connectivity index (χ3n) is 3.66. The number of hydrogen-bond donors (Lipinski definition) is 1. The number of carbonyl (C=O) groups excluding carboxylic acids is 1. The molecule has 0 aromatic heterocycles. The van der Waals surface area contributed by atoms with E-state index < -0.39 is 5.54 Å². The van der Waals surface area contributed by atoms with Crippen LogP contribution in [0.2, 0.25) is 0 Å². The van der Waals surface area contributed by atoms with Crippen LogP contribution in [0.3, 0.4) is 0 Å². The Bertz CT molecular complexity index is 217. The number of nitrogens with two attached hydrogens (primary N) is 1. The van der Waals surface area contributed by atoms with Crippen molar-refractivity contribution in [2.45, 2.75) is 37.6 Å². The van der Waals surface area contributed by atoms with Crippen LogP contribution in [0.15, 0.2) is 0 Å². The fourth-order valence-corrected chi connectivity index (χ4v) is 2.49. The van der Waals surface area contributed by atoms with Crippen molar-refractivity contribution in [1.82, 2.24) is 0 Å². The highest BCUT2D eigenvalue weighted by atomic mass is 16.5. The normalized spacial score (nSPS) is 39.1. The fraction of sp³-hybridized carbons (Fsp3) is 0.900. The highest BCUT2D eigenvalue weighted by Gasteiger charge is 2.51. The summed E-state index contributed by atoms with van der Waals surface area (Å²) in [6, 6.07) is 0. The molecular weight excluding hydrogens is 166 g/mol. The van der Waals surface area contributed by atoms with Gasteiger partial charge in [0.15, 0.2) is 0 Å². The standard InChI is InChI=1S/C10H17NO2/c1-13-9(12)10(11)5-8(6-10)7-3-2-4-7/h7-8H,2-6,11H2,1H3. The topological polar surface area (TPSA) is 52.3 Å². The van der Waals surface area contributed by atoms with Crippen molar-refractivity contribution in [3.8, 4) is 0 Å². The van der Waals surface area contributed by atoms with Gasteiger partial charge in [-0.1, -0.05) is 19.3 Å². The van der Waals surface area contributed by atoms with Gasteiger partial charge in [0.2, 0.25) is 0 Å². The minimum Gasteiger partial charge on any atom is -0.468 e. The molecule has 0 aromatic carbocycles. The second-order valence-corrected chi connectivity index (χ2v) is 4.51. The highest BCUT2D eigenvalue weighted by Crippen LogP contribution is 2.48. The Morgan fingerprint density at radius 3 is 2.38 bits per heavy atom. The van der Waals surface area contributed by atoms with Gasteiger partial charge >= 0.3 is 5.97 Å². The molecule has 0 unspecified atom stereocenters. The van der Waals surface area contributed by atoms with Crippen LogP contribution < -0.4 is 5.73 Å². The van der Waals surface area contributed by atoms with Gasteiger partial charge in [0, 0.05) is 0 Å². The third kappa shape index (κ3) is 1.35. The summed E-state index contributed by atoms with van der Waals surface area (Å²) >= 11 is 0. The molecule has 13 heavy (non-hydrogen) atoms. The van der Waals surface area contributed by atoms with E-state index in [-0.39, 0.29) is 5.97 Å². The van der Waals surface area contributed by atoms with Gasteiger partial charge in [-0.25, -0.2) is 0 Å². The minimum atomic E-state index is -0.644. The van der Waals surface area contributed by atoms with Crippen LogP contribution in [0.1, 0.15) is 32.1 Å². The Balaban J connectivity index is 1.84. The van der Waals surface area contributed by atoms with E-state index in [0.29, 0.717) is 5.92 Å². The van der Waals surface area contributed by atoms with Crippen LogP contribution in [-0.4, -0.2) is 18.6 Å². The molecule has 0 heterocycles. The first-order valence-electron chi connectivity index (χ1n) is 5.03. The number of esters is 1. The van der Waals surface area contributed by atoms with E-state index in [9.17, 15) is 4.79 Å². The van der Waals surface area contributed by atoms with Crippen molar-refractivity contribution in [1.29, 1.82) is 0 Å². The van der Waals surface area contributed by atoms with Crippen LogP contribution in [0.4, 0.5) is 0 Å². The monoisotopic (exact) mass is 183 g/mol. The predicted octanol–water partition coefficient (Wildman–Crippen LogP) is 1.07. The average molecular weight is 183 g/mol. The van der Waals surface area contributed by atoms with E-state index >= 15 is 0 Å². The van der Waals surface area contributed by atoms with Gasteiger partial charge in [-0.2, -0.15) is 0 Å². The van der Waals surface area contributed by atoms with Crippen LogP contribution >= 0.6 is 0 Å². The summed E-state index contributed by atoms with van der Waals surface area (Å²) in [7, 11) is 1.41. The zero-order valence-corrected chi connectivity index (χ0v) is 8.08. The zero-order chi connectivity index (χ0) is 9.47. The SMILES string of the molecule is COC(=O)C1(N)CC(C2CCC2)C1. The first-order valence-corrected chi connectivity index (χ1v) is 5.03. The van der Waals surface area contributed by atoms with Crippen molar-refractivity contribution in [3.05, 3.63) is 0 Å². The molecule has 2 N–H and O–H groups in total. The number of carbonyl (C=O) groups is 1. The molecule has 0 radical (unpaired) electrons. The lowest BCUT2D eigenvalue weighted by Crippen LogP contribution is -2.60. The van der Waals surface area contributed by atoms with Gasteiger partial charge in [-0.15, -0.1) is 0 Å². The lowest BCUT2D eigenvalue weighted by Gasteiger charge is -2.48. The molecular formula is C10H17NO2. The maximum absolute atomic E-state index is 11.2. The predicted molar refractivity (Wildman–Crippen MR) is 49.0 cm³/mol. The maximum atomic E-state index is 11.2. The lowest BCUT2D eigenvalue weighted by molar-refractivity contribution is -0.154. The van der Waals surface area contributed by atoms with Gasteiger partial charge in [0.05, 0.1) is 7.11 Å². The summed E-state index contributed by atoms with van der Waals surface area (Å²) in [6.45, 7) is 0. The Morgan fingerprint density at radius 2 is 2.00 bits per heavy atom. The van der Waals surface area contributed by atoms with E-state index in [4.69, 9.17) is 5.73 Å². The van der Waals surface area contributed by atoms with E-state index in [1.807, 2.05) is 0 Å². The summed E-state index contributed by atoms with van der Waals surface area (Å²) in [5.74, 6) is 1.31. The summed E-state index contributed by atoms with van der Waals surface area (Å²) in [4.78, 5) is 11.2. The smallest absolute Gasteiger partial charge is 0.325 e. The molecule has 3 nitrogen and oxygen atoms in total. The van der Waals surface area contributed by atoms with Crippen LogP contribution in [-0.2, 0) is 9.53 Å². The number of hydrogen-bond acceptors (Lipinski definition) is 3. The Labute approximate surface area is 78.6 Å². The molecule has 2 aliphatic carbocycles. The zero-order valence-electron chi connectivity index (χ0n) is 8.08. The van der Waals surface area contributed by atoms with Crippen molar-refractivity contribution in [2.24, 2.45) is 17.6 Å². The first kappa shape index (κ1) is 9.00. The van der Waals surface area contributed by atoms with E-state index in [1.165, 1.54) is 26.4 Å². The molecule has 2 saturated carbocycles. The molecule has 2 rings (SSSR count).